The largest absolute Gasteiger partial charge is 0.299 e. The summed E-state index contributed by atoms with van der Waals surface area (Å²) in [4.78, 5) is 39.3. The monoisotopic (exact) mass is 287 g/mol. The van der Waals surface area contributed by atoms with E-state index >= 15 is 0 Å². The fourth-order valence-electron chi connectivity index (χ4n) is 2.16. The molecule has 0 aliphatic carbocycles. The Hall–Kier alpha value is -3.10. The molecule has 0 unspecified atom stereocenters. The molecule has 21 heavy (non-hydrogen) atoms. The van der Waals surface area contributed by atoms with E-state index in [1.165, 1.54) is 28.0 Å². The van der Waals surface area contributed by atoms with Crippen molar-refractivity contribution >= 4 is 23.1 Å². The lowest BCUT2D eigenvalue weighted by atomic mass is 10.1. The van der Waals surface area contributed by atoms with Crippen LogP contribution in [0.15, 0.2) is 24.5 Å². The van der Waals surface area contributed by atoms with Gasteiger partial charge in [0.15, 0.2) is 0 Å². The lowest BCUT2D eigenvalue weighted by Gasteiger charge is -2.15. The predicted octanol–water partition coefficient (Wildman–Crippen LogP) is 0.453. The molecule has 106 valence electrons. The number of amides is 1. The first-order valence-electron chi connectivity index (χ1n) is 5.96. The highest BCUT2D eigenvalue weighted by atomic mass is 16.6. The van der Waals surface area contributed by atoms with Crippen LogP contribution in [-0.2, 0) is 18.4 Å². The van der Waals surface area contributed by atoms with Crippen molar-refractivity contribution in [3.8, 4) is 0 Å². The molecule has 1 aromatic heterocycles. The third-order valence-corrected chi connectivity index (χ3v) is 3.27. The molecule has 9 nitrogen and oxygen atoms in total. The van der Waals surface area contributed by atoms with Crippen LogP contribution in [0.5, 0.6) is 0 Å². The molecule has 3 rings (SSSR count). The summed E-state index contributed by atoms with van der Waals surface area (Å²) in [7, 11) is 1.67. The molecule has 0 bridgehead atoms. The van der Waals surface area contributed by atoms with Gasteiger partial charge < -0.3 is 0 Å². The lowest BCUT2D eigenvalue weighted by molar-refractivity contribution is -0.384. The second-order valence-corrected chi connectivity index (χ2v) is 4.48. The number of aryl methyl sites for hydroxylation is 1. The Morgan fingerprint density at radius 1 is 1.33 bits per heavy atom. The van der Waals surface area contributed by atoms with Gasteiger partial charge in [-0.05, 0) is 6.07 Å². The maximum absolute atomic E-state index is 12.0. The van der Waals surface area contributed by atoms with E-state index in [0.717, 1.165) is 6.07 Å². The summed E-state index contributed by atoms with van der Waals surface area (Å²) in [5, 5.41) is 14.6. The molecule has 2 heterocycles. The number of nitrogens with zero attached hydrogens (tertiary/aromatic N) is 5. The van der Waals surface area contributed by atoms with Gasteiger partial charge in [-0.15, -0.1) is 0 Å². The second-order valence-electron chi connectivity index (χ2n) is 4.48. The molecule has 2 aromatic rings. The number of aromatic nitrogens is 3. The highest BCUT2D eigenvalue weighted by molar-refractivity contribution is 6.52. The quantitative estimate of drug-likeness (QED) is 0.460. The third-order valence-electron chi connectivity index (χ3n) is 3.27. The number of hydrogen-bond acceptors (Lipinski definition) is 6. The maximum Gasteiger partial charge on any atom is 0.299 e. The molecule has 0 spiro atoms. The molecular formula is C12H9N5O4. The number of carbonyl (C=O) groups is 2. The molecule has 0 saturated carbocycles. The van der Waals surface area contributed by atoms with E-state index in [4.69, 9.17) is 0 Å². The van der Waals surface area contributed by atoms with Crippen molar-refractivity contribution < 1.29 is 14.5 Å². The fourth-order valence-corrected chi connectivity index (χ4v) is 2.16. The summed E-state index contributed by atoms with van der Waals surface area (Å²) in [6.07, 6.45) is 1.34. The number of rotatable bonds is 3. The molecule has 0 fully saturated rings. The van der Waals surface area contributed by atoms with Gasteiger partial charge in [0, 0.05) is 19.2 Å². The number of carbonyl (C=O) groups excluding carboxylic acids is 2. The van der Waals surface area contributed by atoms with E-state index < -0.39 is 16.6 Å². The van der Waals surface area contributed by atoms with Crippen molar-refractivity contribution in [1.29, 1.82) is 0 Å². The molecule has 9 heteroatoms. The van der Waals surface area contributed by atoms with Crippen LogP contribution in [0, 0.1) is 10.1 Å². The number of nitro groups is 1. The van der Waals surface area contributed by atoms with Crippen molar-refractivity contribution in [2.24, 2.45) is 7.05 Å². The zero-order valence-electron chi connectivity index (χ0n) is 10.9. The Balaban J connectivity index is 2.02. The van der Waals surface area contributed by atoms with E-state index in [1.54, 1.807) is 7.05 Å². The van der Waals surface area contributed by atoms with Crippen LogP contribution in [0.3, 0.4) is 0 Å². The number of hydrogen-bond donors (Lipinski definition) is 0. The van der Waals surface area contributed by atoms with Crippen molar-refractivity contribution in [1.82, 2.24) is 14.8 Å². The van der Waals surface area contributed by atoms with Crippen LogP contribution in [0.25, 0.3) is 0 Å². The SMILES string of the molecule is Cn1ncnc1CN1C(=O)C(=O)c2cc([N+](=O)[O-])ccc21. The van der Waals surface area contributed by atoms with E-state index in [2.05, 4.69) is 10.1 Å². The zero-order chi connectivity index (χ0) is 15.1. The number of nitro benzene ring substituents is 1. The molecule has 1 aliphatic heterocycles. The molecule has 1 amide bonds. The molecule has 0 atom stereocenters. The second kappa shape index (κ2) is 4.47. The first-order chi connectivity index (χ1) is 9.99. The van der Waals surface area contributed by atoms with Crippen molar-refractivity contribution in [3.05, 3.63) is 46.0 Å². The van der Waals surface area contributed by atoms with Crippen molar-refractivity contribution in [3.63, 3.8) is 0 Å². The van der Waals surface area contributed by atoms with Gasteiger partial charge in [-0.3, -0.25) is 29.3 Å². The average Bonchev–Trinajstić information content (AvgIpc) is 2.96. The highest BCUT2D eigenvalue weighted by Gasteiger charge is 2.37. The Bertz CT molecular complexity index is 782. The molecule has 0 radical (unpaired) electrons. The normalized spacial score (nSPS) is 13.7. The maximum atomic E-state index is 12.0. The Kier molecular flexibility index (Phi) is 2.75. The van der Waals surface area contributed by atoms with Gasteiger partial charge >= 0.3 is 0 Å². The summed E-state index contributed by atoms with van der Waals surface area (Å²) in [6, 6.07) is 3.77. The van der Waals surface area contributed by atoms with Crippen LogP contribution in [0.2, 0.25) is 0 Å². The van der Waals surface area contributed by atoms with Gasteiger partial charge in [0.2, 0.25) is 0 Å². The van der Waals surface area contributed by atoms with Gasteiger partial charge in [0.05, 0.1) is 22.7 Å². The van der Waals surface area contributed by atoms with Crippen LogP contribution in [-0.4, -0.2) is 31.4 Å². The standard InChI is InChI=1S/C12H9N5O4/c1-15-10(13-6-14-15)5-16-9-3-2-7(17(20)21)4-8(9)11(18)12(16)19/h2-4,6H,5H2,1H3. The Morgan fingerprint density at radius 2 is 2.10 bits per heavy atom. The van der Waals surface area contributed by atoms with E-state index in [-0.39, 0.29) is 17.8 Å². The van der Waals surface area contributed by atoms with E-state index in [1.807, 2.05) is 0 Å². The first kappa shape index (κ1) is 12.9. The molecule has 1 aliphatic rings. The van der Waals surface area contributed by atoms with Gasteiger partial charge in [0.1, 0.15) is 12.2 Å². The zero-order valence-corrected chi connectivity index (χ0v) is 10.9. The first-order valence-corrected chi connectivity index (χ1v) is 5.96. The van der Waals surface area contributed by atoms with E-state index in [9.17, 15) is 19.7 Å². The minimum absolute atomic E-state index is 0.0383. The van der Waals surface area contributed by atoms with Crippen LogP contribution in [0.4, 0.5) is 11.4 Å². The van der Waals surface area contributed by atoms with Gasteiger partial charge in [-0.1, -0.05) is 0 Å². The summed E-state index contributed by atoms with van der Waals surface area (Å²) in [6.45, 7) is 0.0753. The predicted molar refractivity (Wildman–Crippen MR) is 69.6 cm³/mol. The summed E-state index contributed by atoms with van der Waals surface area (Å²) in [5.41, 5.74) is 0.158. The molecular weight excluding hydrogens is 278 g/mol. The van der Waals surface area contributed by atoms with Gasteiger partial charge in [-0.25, -0.2) is 4.98 Å². The van der Waals surface area contributed by atoms with Crippen LogP contribution in [0.1, 0.15) is 16.2 Å². The average molecular weight is 287 g/mol. The number of ketones is 1. The van der Waals surface area contributed by atoms with Crippen molar-refractivity contribution in [2.75, 3.05) is 4.90 Å². The summed E-state index contributed by atoms with van der Waals surface area (Å²) >= 11 is 0. The molecule has 1 aromatic carbocycles. The minimum Gasteiger partial charge on any atom is -0.297 e. The number of fused-ring (bicyclic) bond motifs is 1. The van der Waals surface area contributed by atoms with Gasteiger partial charge in [0.25, 0.3) is 17.4 Å². The smallest absolute Gasteiger partial charge is 0.297 e. The summed E-state index contributed by atoms with van der Waals surface area (Å²) in [5.74, 6) is -0.980. The van der Waals surface area contributed by atoms with Crippen LogP contribution >= 0.6 is 0 Å². The Labute approximate surface area is 118 Å². The minimum atomic E-state index is -0.754. The Morgan fingerprint density at radius 3 is 2.71 bits per heavy atom. The molecule has 0 N–H and O–H groups in total. The number of Topliss-reactive ketones (excluding diaryl/α,β-unsaturated/α-hetero) is 1. The summed E-state index contributed by atoms with van der Waals surface area (Å²) < 4.78 is 1.49. The van der Waals surface area contributed by atoms with Crippen molar-refractivity contribution in [2.45, 2.75) is 6.54 Å². The molecule has 0 saturated heterocycles. The van der Waals surface area contributed by atoms with E-state index in [0.29, 0.717) is 11.5 Å². The highest BCUT2D eigenvalue weighted by Crippen LogP contribution is 2.32. The topological polar surface area (TPSA) is 111 Å². The van der Waals surface area contributed by atoms with Gasteiger partial charge in [-0.2, -0.15) is 5.10 Å². The lowest BCUT2D eigenvalue weighted by Crippen LogP contribution is -2.30. The number of non-ortho nitro benzene ring substituents is 1. The number of benzene rings is 1. The number of anilines is 1. The third kappa shape index (κ3) is 1.95. The van der Waals surface area contributed by atoms with Crippen LogP contribution < -0.4 is 4.90 Å². The fraction of sp³-hybridized carbons (Fsp3) is 0.167.